The van der Waals surface area contributed by atoms with E-state index < -0.39 is 0 Å². The summed E-state index contributed by atoms with van der Waals surface area (Å²) in [6.07, 6.45) is 6.08. The molecule has 1 saturated heterocycles. The minimum absolute atomic E-state index is 0.0760. The van der Waals surface area contributed by atoms with Gasteiger partial charge in [0, 0.05) is 31.7 Å². The molecule has 136 valence electrons. The van der Waals surface area contributed by atoms with Crippen molar-refractivity contribution < 1.29 is 9.59 Å². The fourth-order valence-corrected chi connectivity index (χ4v) is 3.07. The highest BCUT2D eigenvalue weighted by Crippen LogP contribution is 2.13. The Labute approximate surface area is 153 Å². The van der Waals surface area contributed by atoms with Crippen LogP contribution in [-0.2, 0) is 11.2 Å². The molecule has 0 aliphatic carbocycles. The van der Waals surface area contributed by atoms with Gasteiger partial charge in [-0.15, -0.1) is 0 Å². The van der Waals surface area contributed by atoms with Crippen LogP contribution in [0.3, 0.4) is 0 Å². The van der Waals surface area contributed by atoms with Crippen molar-refractivity contribution in [3.8, 4) is 0 Å². The lowest BCUT2D eigenvalue weighted by Gasteiger charge is -2.32. The molecule has 0 atom stereocenters. The standard InChI is InChI=1S/C20H24N4O2/c25-19(9-8-16-5-2-1-3-6-16)22-17-10-13-24(14-11-17)20(26)23-18-7-4-12-21-15-18/h1-7,12,15,17H,8-11,13-14H2,(H,22,25)(H,23,26). The number of anilines is 1. The van der Waals surface area contributed by atoms with E-state index in [1.165, 1.54) is 5.56 Å². The maximum atomic E-state index is 12.3. The van der Waals surface area contributed by atoms with Gasteiger partial charge in [-0.2, -0.15) is 0 Å². The fourth-order valence-electron chi connectivity index (χ4n) is 3.07. The number of rotatable bonds is 5. The van der Waals surface area contributed by atoms with Crippen molar-refractivity contribution >= 4 is 17.6 Å². The lowest BCUT2D eigenvalue weighted by Crippen LogP contribution is -2.47. The second-order valence-corrected chi connectivity index (χ2v) is 6.49. The lowest BCUT2D eigenvalue weighted by molar-refractivity contribution is -0.122. The zero-order chi connectivity index (χ0) is 18.2. The molecule has 3 rings (SSSR count). The molecule has 2 N–H and O–H groups in total. The highest BCUT2D eigenvalue weighted by Gasteiger charge is 2.23. The third kappa shape index (κ3) is 5.31. The molecule has 0 radical (unpaired) electrons. The van der Waals surface area contributed by atoms with E-state index in [2.05, 4.69) is 15.6 Å². The van der Waals surface area contributed by atoms with Gasteiger partial charge >= 0.3 is 6.03 Å². The number of hydrogen-bond donors (Lipinski definition) is 2. The molecule has 1 aromatic carbocycles. The van der Waals surface area contributed by atoms with E-state index in [0.717, 1.165) is 19.3 Å². The molecule has 0 bridgehead atoms. The first-order valence-electron chi connectivity index (χ1n) is 9.00. The number of benzene rings is 1. The van der Waals surface area contributed by atoms with Gasteiger partial charge in [-0.1, -0.05) is 30.3 Å². The number of hydrogen-bond acceptors (Lipinski definition) is 3. The summed E-state index contributed by atoms with van der Waals surface area (Å²) in [5.74, 6) is 0.0760. The van der Waals surface area contributed by atoms with Crippen LogP contribution in [0.2, 0.25) is 0 Å². The Kier molecular flexibility index (Phi) is 6.19. The SMILES string of the molecule is O=C(CCc1ccccc1)NC1CCN(C(=O)Nc2cccnc2)CC1. The van der Waals surface area contributed by atoms with Gasteiger partial charge in [-0.3, -0.25) is 9.78 Å². The van der Waals surface area contributed by atoms with E-state index in [-0.39, 0.29) is 18.0 Å². The zero-order valence-electron chi connectivity index (χ0n) is 14.7. The summed E-state index contributed by atoms with van der Waals surface area (Å²) in [4.78, 5) is 30.1. The molecule has 6 heteroatoms. The van der Waals surface area contributed by atoms with Crippen molar-refractivity contribution in [2.75, 3.05) is 18.4 Å². The largest absolute Gasteiger partial charge is 0.353 e. The molecule has 2 heterocycles. The number of carbonyl (C=O) groups is 2. The first-order valence-corrected chi connectivity index (χ1v) is 9.00. The number of aromatic nitrogens is 1. The van der Waals surface area contributed by atoms with E-state index in [0.29, 0.717) is 25.2 Å². The van der Waals surface area contributed by atoms with Crippen molar-refractivity contribution in [3.63, 3.8) is 0 Å². The number of piperidine rings is 1. The van der Waals surface area contributed by atoms with E-state index in [1.54, 1.807) is 23.4 Å². The Bertz CT molecular complexity index is 713. The summed E-state index contributed by atoms with van der Waals surface area (Å²) in [5, 5.41) is 5.93. The number of nitrogens with one attached hydrogen (secondary N) is 2. The quantitative estimate of drug-likeness (QED) is 0.869. The molecule has 0 saturated carbocycles. The third-order valence-electron chi connectivity index (χ3n) is 4.54. The lowest BCUT2D eigenvalue weighted by atomic mass is 10.0. The Hall–Kier alpha value is -2.89. The Morgan fingerprint density at radius 1 is 1.08 bits per heavy atom. The van der Waals surface area contributed by atoms with Crippen molar-refractivity contribution in [2.24, 2.45) is 0 Å². The zero-order valence-corrected chi connectivity index (χ0v) is 14.7. The minimum atomic E-state index is -0.119. The van der Waals surface area contributed by atoms with Gasteiger partial charge in [-0.25, -0.2) is 4.79 Å². The first kappa shape index (κ1) is 17.9. The predicted octanol–water partition coefficient (Wildman–Crippen LogP) is 2.83. The minimum Gasteiger partial charge on any atom is -0.353 e. The van der Waals surface area contributed by atoms with E-state index in [4.69, 9.17) is 0 Å². The van der Waals surface area contributed by atoms with E-state index >= 15 is 0 Å². The van der Waals surface area contributed by atoms with Crippen LogP contribution in [0.1, 0.15) is 24.8 Å². The van der Waals surface area contributed by atoms with Crippen LogP contribution in [0, 0.1) is 0 Å². The molecule has 1 aliphatic heterocycles. The summed E-state index contributed by atoms with van der Waals surface area (Å²) in [7, 11) is 0. The van der Waals surface area contributed by atoms with Crippen LogP contribution < -0.4 is 10.6 Å². The Morgan fingerprint density at radius 3 is 2.54 bits per heavy atom. The summed E-state index contributed by atoms with van der Waals surface area (Å²) in [5.41, 5.74) is 1.86. The van der Waals surface area contributed by atoms with Gasteiger partial charge < -0.3 is 15.5 Å². The number of nitrogens with zero attached hydrogens (tertiary/aromatic N) is 2. The number of likely N-dealkylation sites (tertiary alicyclic amines) is 1. The van der Waals surface area contributed by atoms with Gasteiger partial charge in [0.25, 0.3) is 0 Å². The maximum absolute atomic E-state index is 12.3. The van der Waals surface area contributed by atoms with Gasteiger partial charge in [0.05, 0.1) is 11.9 Å². The molecular weight excluding hydrogens is 328 g/mol. The molecule has 26 heavy (non-hydrogen) atoms. The maximum Gasteiger partial charge on any atom is 0.321 e. The van der Waals surface area contributed by atoms with Crippen LogP contribution >= 0.6 is 0 Å². The molecule has 0 unspecified atom stereocenters. The van der Waals surface area contributed by atoms with Crippen LogP contribution in [0.25, 0.3) is 0 Å². The smallest absolute Gasteiger partial charge is 0.321 e. The van der Waals surface area contributed by atoms with Crippen LogP contribution in [0.15, 0.2) is 54.9 Å². The Morgan fingerprint density at radius 2 is 1.85 bits per heavy atom. The average molecular weight is 352 g/mol. The van der Waals surface area contributed by atoms with Crippen LogP contribution in [-0.4, -0.2) is 41.0 Å². The molecule has 1 aliphatic rings. The first-order chi connectivity index (χ1) is 12.7. The number of pyridine rings is 1. The summed E-state index contributed by atoms with van der Waals surface area (Å²) in [6, 6.07) is 13.6. The number of amides is 3. The average Bonchev–Trinajstić information content (AvgIpc) is 2.68. The van der Waals surface area contributed by atoms with Crippen molar-refractivity contribution in [1.82, 2.24) is 15.2 Å². The highest BCUT2D eigenvalue weighted by molar-refractivity contribution is 5.89. The summed E-state index contributed by atoms with van der Waals surface area (Å²) >= 11 is 0. The van der Waals surface area contributed by atoms with Crippen molar-refractivity contribution in [1.29, 1.82) is 0 Å². The molecule has 1 fully saturated rings. The molecule has 3 amide bonds. The van der Waals surface area contributed by atoms with Crippen LogP contribution in [0.4, 0.5) is 10.5 Å². The van der Waals surface area contributed by atoms with Crippen molar-refractivity contribution in [2.45, 2.75) is 31.7 Å². The Balaban J connectivity index is 1.38. The normalized spacial score (nSPS) is 14.7. The van der Waals surface area contributed by atoms with Gasteiger partial charge in [0.2, 0.25) is 5.91 Å². The molecule has 1 aromatic heterocycles. The fraction of sp³-hybridized carbons (Fsp3) is 0.350. The van der Waals surface area contributed by atoms with Gasteiger partial charge in [0.15, 0.2) is 0 Å². The molecule has 0 spiro atoms. The number of urea groups is 1. The number of carbonyl (C=O) groups excluding carboxylic acids is 2. The van der Waals surface area contributed by atoms with E-state index in [9.17, 15) is 9.59 Å². The van der Waals surface area contributed by atoms with Crippen LogP contribution in [0.5, 0.6) is 0 Å². The van der Waals surface area contributed by atoms with Gasteiger partial charge in [-0.05, 0) is 37.0 Å². The molecular formula is C20H24N4O2. The summed E-state index contributed by atoms with van der Waals surface area (Å²) < 4.78 is 0. The summed E-state index contributed by atoms with van der Waals surface area (Å²) in [6.45, 7) is 1.27. The van der Waals surface area contributed by atoms with Crippen molar-refractivity contribution in [3.05, 3.63) is 60.4 Å². The predicted molar refractivity (Wildman–Crippen MR) is 101 cm³/mol. The molecule has 6 nitrogen and oxygen atoms in total. The second-order valence-electron chi connectivity index (χ2n) is 6.49. The number of aryl methyl sites for hydroxylation is 1. The monoisotopic (exact) mass is 352 g/mol. The van der Waals surface area contributed by atoms with E-state index in [1.807, 2.05) is 36.4 Å². The third-order valence-corrected chi connectivity index (χ3v) is 4.54. The highest BCUT2D eigenvalue weighted by atomic mass is 16.2. The topological polar surface area (TPSA) is 74.3 Å². The second kappa shape index (κ2) is 8.99. The molecule has 2 aromatic rings. The van der Waals surface area contributed by atoms with Gasteiger partial charge in [0.1, 0.15) is 0 Å².